The molecular formula is C46H49ClO14. The second kappa shape index (κ2) is 15.6. The molecule has 0 amide bonds. The second-order valence-corrected chi connectivity index (χ2v) is 16.9. The molecular weight excluding hydrogens is 812 g/mol. The molecule has 14 nitrogen and oxygen atoms in total. The van der Waals surface area contributed by atoms with Gasteiger partial charge < -0.3 is 50.3 Å². The third-order valence-electron chi connectivity index (χ3n) is 13.4. The highest BCUT2D eigenvalue weighted by atomic mass is 35.5. The van der Waals surface area contributed by atoms with E-state index in [1.165, 1.54) is 59.3 Å². The molecule has 8 N–H and O–H groups in total. The van der Waals surface area contributed by atoms with Crippen LogP contribution in [-0.2, 0) is 14.3 Å². The van der Waals surface area contributed by atoms with Crippen LogP contribution in [-0.4, -0.2) is 89.8 Å². The minimum absolute atomic E-state index is 0.00789. The summed E-state index contributed by atoms with van der Waals surface area (Å²) in [5, 5.41) is 91.5. The molecule has 4 aromatic carbocycles. The van der Waals surface area contributed by atoms with E-state index in [0.29, 0.717) is 6.42 Å². The van der Waals surface area contributed by atoms with Crippen LogP contribution in [0, 0.1) is 23.7 Å². The number of methoxy groups -OCH3 is 2. The molecule has 0 saturated carbocycles. The van der Waals surface area contributed by atoms with Crippen LogP contribution < -0.4 is 4.74 Å². The first-order valence-electron chi connectivity index (χ1n) is 19.7. The molecule has 15 heteroatoms. The minimum Gasteiger partial charge on any atom is -0.507 e. The number of aromatic hydroxyl groups is 4. The number of halogens is 1. The van der Waals surface area contributed by atoms with E-state index >= 15 is 0 Å². The number of phenols is 4. The Kier molecular flexibility index (Phi) is 11.4. The number of benzene rings is 4. The Bertz CT molecular complexity index is 2640. The van der Waals surface area contributed by atoms with Gasteiger partial charge in [-0.05, 0) is 42.5 Å². The molecule has 0 saturated heterocycles. The van der Waals surface area contributed by atoms with Crippen LogP contribution in [0.5, 0.6) is 28.7 Å². The van der Waals surface area contributed by atoms with Crippen LogP contribution in [0.1, 0.15) is 98.6 Å². The van der Waals surface area contributed by atoms with Crippen molar-refractivity contribution in [3.8, 4) is 39.9 Å². The van der Waals surface area contributed by atoms with Gasteiger partial charge >= 0.3 is 11.9 Å². The average Bonchev–Trinajstić information content (AvgIpc) is 3.19. The predicted molar refractivity (Wildman–Crippen MR) is 226 cm³/mol. The van der Waals surface area contributed by atoms with Crippen LogP contribution in [0.3, 0.4) is 0 Å². The van der Waals surface area contributed by atoms with Crippen molar-refractivity contribution in [1.29, 1.82) is 0 Å². The molecule has 2 aliphatic carbocycles. The molecule has 0 heterocycles. The van der Waals surface area contributed by atoms with E-state index in [1.807, 2.05) is 6.92 Å². The number of Topliss-reactive ketones (excluding diaryl/α,β-unsaturated/α-hetero) is 2. The first-order chi connectivity index (χ1) is 28.5. The van der Waals surface area contributed by atoms with Crippen LogP contribution in [0.25, 0.3) is 32.7 Å². The molecule has 6 rings (SSSR count). The molecule has 0 bridgehead atoms. The summed E-state index contributed by atoms with van der Waals surface area (Å²) in [6.45, 7) is 11.3. The summed E-state index contributed by atoms with van der Waals surface area (Å²) < 4.78 is 11.3. The van der Waals surface area contributed by atoms with Gasteiger partial charge in [-0.1, -0.05) is 71.2 Å². The summed E-state index contributed by atoms with van der Waals surface area (Å²) in [6.07, 6.45) is 2.07. The monoisotopic (exact) mass is 860 g/mol. The van der Waals surface area contributed by atoms with Crippen molar-refractivity contribution in [2.24, 2.45) is 23.7 Å². The van der Waals surface area contributed by atoms with Gasteiger partial charge in [-0.15, -0.1) is 0 Å². The highest BCUT2D eigenvalue weighted by Gasteiger charge is 2.58. The third-order valence-corrected chi connectivity index (χ3v) is 13.8. The summed E-state index contributed by atoms with van der Waals surface area (Å²) in [7, 11) is 2.49. The Morgan fingerprint density at radius 1 is 0.754 bits per heavy atom. The van der Waals surface area contributed by atoms with Crippen LogP contribution >= 0.6 is 11.6 Å². The normalized spacial score (nSPS) is 24.8. The molecule has 0 fully saturated rings. The first kappa shape index (κ1) is 44.7. The van der Waals surface area contributed by atoms with Crippen molar-refractivity contribution < 1.29 is 69.5 Å². The minimum atomic E-state index is -1.95. The largest absolute Gasteiger partial charge is 0.507 e. The number of aliphatic carboxylic acids is 2. The van der Waals surface area contributed by atoms with Crippen molar-refractivity contribution in [3.63, 3.8) is 0 Å². The Morgan fingerprint density at radius 2 is 1.23 bits per heavy atom. The lowest BCUT2D eigenvalue weighted by Crippen LogP contribution is -2.54. The smallest absolute Gasteiger partial charge is 0.331 e. The zero-order valence-corrected chi connectivity index (χ0v) is 35.8. The molecule has 7 atom stereocenters. The molecule has 324 valence electrons. The Hall–Kier alpha value is -5.83. The van der Waals surface area contributed by atoms with Gasteiger partial charge in [0.05, 0.1) is 64.3 Å². The fourth-order valence-electron chi connectivity index (χ4n) is 10.1. The van der Waals surface area contributed by atoms with Gasteiger partial charge in [0.1, 0.15) is 34.5 Å². The summed E-state index contributed by atoms with van der Waals surface area (Å²) in [5.74, 6) is -13.3. The second-order valence-electron chi connectivity index (χ2n) is 16.5. The fourth-order valence-corrected chi connectivity index (χ4v) is 10.4. The molecule has 61 heavy (non-hydrogen) atoms. The Morgan fingerprint density at radius 3 is 1.69 bits per heavy atom. The number of carbonyl (C=O) groups is 4. The van der Waals surface area contributed by atoms with Gasteiger partial charge in [-0.3, -0.25) is 9.59 Å². The van der Waals surface area contributed by atoms with E-state index in [-0.39, 0.29) is 77.0 Å². The number of aliphatic hydroxyl groups is 2. The number of fused-ring (bicyclic) bond motifs is 4. The zero-order valence-electron chi connectivity index (χ0n) is 35.0. The third kappa shape index (κ3) is 6.20. The number of carboxylic acid groups (broad SMARTS) is 2. The molecule has 0 aromatic heterocycles. The van der Waals surface area contributed by atoms with Crippen LogP contribution in [0.2, 0.25) is 5.02 Å². The van der Waals surface area contributed by atoms with Crippen LogP contribution in [0.4, 0.5) is 0 Å². The van der Waals surface area contributed by atoms with Gasteiger partial charge in [0, 0.05) is 51.3 Å². The number of hydrogen-bond donors (Lipinski definition) is 8. The van der Waals surface area contributed by atoms with Gasteiger partial charge in [0.25, 0.3) is 0 Å². The molecule has 4 aromatic rings. The maximum absolute atomic E-state index is 14.3. The topological polar surface area (TPSA) is 249 Å². The van der Waals surface area contributed by atoms with Gasteiger partial charge in [-0.25, -0.2) is 9.59 Å². The van der Waals surface area contributed by atoms with E-state index < -0.39 is 93.2 Å². The quantitative estimate of drug-likeness (QED) is 0.0560. The Balaban J connectivity index is 1.68. The lowest BCUT2D eigenvalue weighted by atomic mass is 9.58. The average molecular weight is 861 g/mol. The molecule has 2 aliphatic rings. The van der Waals surface area contributed by atoms with Crippen LogP contribution in [0.15, 0.2) is 47.7 Å². The number of carboxylic acids is 2. The van der Waals surface area contributed by atoms with E-state index in [2.05, 4.69) is 0 Å². The number of phenolic OH excluding ortho intramolecular Hbond substituents is 4. The van der Waals surface area contributed by atoms with Crippen molar-refractivity contribution >= 4 is 56.7 Å². The number of ether oxygens (including phenoxy) is 2. The highest BCUT2D eigenvalue weighted by Crippen LogP contribution is 2.61. The summed E-state index contributed by atoms with van der Waals surface area (Å²) in [6, 6.07) is 5.54. The maximum Gasteiger partial charge on any atom is 0.331 e. The Labute approximate surface area is 355 Å². The standard InChI is InChI=1S/C46H49ClO14/c1-10-19(5)46(59)21(7)39(53)34-32(35(46)18(4)15-27(48)49)44(61-9)25-14-12-23(41(55)30(25)43(34)57)22-11-13-24-29(40(22)54)42(56)33-31(37(24)47)36(26(60-8)16-28(50)51)45(58,17(2)3)20(6)38(33)52/h11-17,19-21,35-36,54-59H,10H2,1-9H3,(H,48,49)(H,50,51)/b18-15-,26-16+. The highest BCUT2D eigenvalue weighted by molar-refractivity contribution is 6.38. The zero-order chi connectivity index (χ0) is 45.5. The molecule has 7 unspecified atom stereocenters. The first-order valence-corrected chi connectivity index (χ1v) is 20.1. The van der Waals surface area contributed by atoms with Gasteiger partial charge in [0.15, 0.2) is 11.6 Å². The summed E-state index contributed by atoms with van der Waals surface area (Å²) in [5.41, 5.74) is -4.59. The molecule has 0 aliphatic heterocycles. The number of rotatable bonds is 10. The number of hydrogen-bond acceptors (Lipinski definition) is 12. The van der Waals surface area contributed by atoms with E-state index in [4.69, 9.17) is 21.1 Å². The van der Waals surface area contributed by atoms with E-state index in [1.54, 1.807) is 20.8 Å². The van der Waals surface area contributed by atoms with Crippen molar-refractivity contribution in [3.05, 3.63) is 75.0 Å². The lowest BCUT2D eigenvalue weighted by Gasteiger charge is -2.49. The SMILES string of the molecule is CCC(C)C1(O)C(C)C(=O)c2c(c(OC)c3ccc(-c4ccc5c(Cl)c6c(c(O)c5c4O)C(=O)C(C)C(O)(C(C)C)C6/C(=C\C(=O)O)OC)c(O)c3c2O)C1/C(C)=C\C(=O)O. The number of carbonyl (C=O) groups excluding carboxylic acids is 2. The van der Waals surface area contributed by atoms with Gasteiger partial charge in [0.2, 0.25) is 0 Å². The van der Waals surface area contributed by atoms with E-state index in [9.17, 15) is 60.0 Å². The van der Waals surface area contributed by atoms with Crippen molar-refractivity contribution in [2.45, 2.75) is 77.9 Å². The molecule has 0 radical (unpaired) electrons. The number of ketones is 2. The summed E-state index contributed by atoms with van der Waals surface area (Å²) >= 11 is 7.05. The van der Waals surface area contributed by atoms with Gasteiger partial charge in [-0.2, -0.15) is 0 Å². The van der Waals surface area contributed by atoms with Crippen molar-refractivity contribution in [1.82, 2.24) is 0 Å². The van der Waals surface area contributed by atoms with Crippen molar-refractivity contribution in [2.75, 3.05) is 14.2 Å². The predicted octanol–water partition coefficient (Wildman–Crippen LogP) is 7.79. The maximum atomic E-state index is 14.3. The van der Waals surface area contributed by atoms with E-state index in [0.717, 1.165) is 12.2 Å². The molecule has 0 spiro atoms. The fraction of sp³-hybridized carbons (Fsp3) is 0.391. The summed E-state index contributed by atoms with van der Waals surface area (Å²) in [4.78, 5) is 52.4. The lowest BCUT2D eigenvalue weighted by molar-refractivity contribution is -0.132.